The second kappa shape index (κ2) is 6.99. The van der Waals surface area contributed by atoms with Crippen LogP contribution in [0.1, 0.15) is 39.0 Å². The average molecular weight is 437 g/mol. The van der Waals surface area contributed by atoms with E-state index in [4.69, 9.17) is 25.3 Å². The standard InChI is InChI=1S/C23H17ClN2O5/c1-11-7-17-15(10-16(11)24)21(27)19-20(13-5-4-6-14(9-13)29-3)26(23(28)22(19)30-17)18-8-12(2)31-25-18/h4-10,20H,1-3H3/t20-/m1/s1. The van der Waals surface area contributed by atoms with Gasteiger partial charge in [0.25, 0.3) is 5.91 Å². The Morgan fingerprint density at radius 1 is 1.13 bits per heavy atom. The molecule has 1 atom stereocenters. The zero-order valence-corrected chi connectivity index (χ0v) is 17.7. The van der Waals surface area contributed by atoms with Crippen LogP contribution in [0.2, 0.25) is 5.02 Å². The Kier molecular flexibility index (Phi) is 4.37. The van der Waals surface area contributed by atoms with Gasteiger partial charge in [-0.1, -0.05) is 28.9 Å². The highest BCUT2D eigenvalue weighted by molar-refractivity contribution is 6.32. The Balaban J connectivity index is 1.83. The second-order valence-corrected chi connectivity index (χ2v) is 7.83. The summed E-state index contributed by atoms with van der Waals surface area (Å²) in [5, 5.41) is 4.77. The molecule has 0 N–H and O–H groups in total. The number of hydrogen-bond acceptors (Lipinski definition) is 6. The molecule has 4 aromatic rings. The first-order chi connectivity index (χ1) is 14.9. The average Bonchev–Trinajstić information content (AvgIpc) is 3.31. The lowest BCUT2D eigenvalue weighted by Crippen LogP contribution is -2.29. The van der Waals surface area contributed by atoms with Gasteiger partial charge in [0.15, 0.2) is 11.2 Å². The van der Waals surface area contributed by atoms with Crippen molar-refractivity contribution in [3.8, 4) is 5.75 Å². The van der Waals surface area contributed by atoms with Crippen LogP contribution in [0.3, 0.4) is 0 Å². The van der Waals surface area contributed by atoms with Crippen molar-refractivity contribution in [2.45, 2.75) is 19.9 Å². The predicted molar refractivity (Wildman–Crippen MR) is 115 cm³/mol. The molecule has 0 fully saturated rings. The number of ether oxygens (including phenoxy) is 1. The van der Waals surface area contributed by atoms with Crippen LogP contribution in [0.4, 0.5) is 5.82 Å². The molecular weight excluding hydrogens is 420 g/mol. The van der Waals surface area contributed by atoms with E-state index in [0.717, 1.165) is 5.56 Å². The van der Waals surface area contributed by atoms with E-state index in [1.165, 1.54) is 4.90 Å². The van der Waals surface area contributed by atoms with E-state index in [9.17, 15) is 9.59 Å². The molecule has 0 saturated heterocycles. The van der Waals surface area contributed by atoms with E-state index in [1.807, 2.05) is 6.07 Å². The molecule has 1 aliphatic rings. The summed E-state index contributed by atoms with van der Waals surface area (Å²) in [6.07, 6.45) is 0. The van der Waals surface area contributed by atoms with Gasteiger partial charge in [0.2, 0.25) is 5.76 Å². The van der Waals surface area contributed by atoms with Crippen LogP contribution in [-0.2, 0) is 0 Å². The predicted octanol–water partition coefficient (Wildman–Crippen LogP) is 4.81. The molecule has 0 bridgehead atoms. The smallest absolute Gasteiger partial charge is 0.296 e. The van der Waals surface area contributed by atoms with Crippen molar-refractivity contribution in [1.29, 1.82) is 0 Å². The molecule has 0 unspecified atom stereocenters. The molecule has 31 heavy (non-hydrogen) atoms. The monoisotopic (exact) mass is 436 g/mol. The van der Waals surface area contributed by atoms with Crippen LogP contribution in [0.25, 0.3) is 11.0 Å². The molecule has 1 amide bonds. The molecule has 0 saturated carbocycles. The lowest BCUT2D eigenvalue weighted by molar-refractivity contribution is 0.0969. The third kappa shape index (κ3) is 2.92. The zero-order valence-electron chi connectivity index (χ0n) is 16.9. The Hall–Kier alpha value is -3.58. The fourth-order valence-electron chi connectivity index (χ4n) is 3.92. The molecule has 7 nitrogen and oxygen atoms in total. The number of amides is 1. The maximum atomic E-state index is 13.6. The summed E-state index contributed by atoms with van der Waals surface area (Å²) in [7, 11) is 1.55. The highest BCUT2D eigenvalue weighted by Gasteiger charge is 2.45. The van der Waals surface area contributed by atoms with Crippen LogP contribution in [0.15, 0.2) is 56.2 Å². The molecule has 2 aromatic heterocycles. The van der Waals surface area contributed by atoms with Crippen LogP contribution in [0.5, 0.6) is 5.75 Å². The molecule has 8 heteroatoms. The van der Waals surface area contributed by atoms with Crippen LogP contribution < -0.4 is 15.1 Å². The topological polar surface area (TPSA) is 85.8 Å². The van der Waals surface area contributed by atoms with Gasteiger partial charge in [-0.25, -0.2) is 0 Å². The highest BCUT2D eigenvalue weighted by atomic mass is 35.5. The first-order valence-corrected chi connectivity index (χ1v) is 9.94. The second-order valence-electron chi connectivity index (χ2n) is 7.42. The Labute approximate surface area is 181 Å². The third-order valence-electron chi connectivity index (χ3n) is 5.42. The number of nitrogens with zero attached hydrogens (tertiary/aromatic N) is 2. The molecule has 0 radical (unpaired) electrons. The van der Waals surface area contributed by atoms with E-state index in [2.05, 4.69) is 5.16 Å². The Bertz CT molecular complexity index is 1420. The summed E-state index contributed by atoms with van der Waals surface area (Å²) in [5.74, 6) is 0.934. The van der Waals surface area contributed by atoms with E-state index in [-0.39, 0.29) is 16.8 Å². The quantitative estimate of drug-likeness (QED) is 0.458. The van der Waals surface area contributed by atoms with Crippen molar-refractivity contribution < 1.29 is 18.5 Å². The summed E-state index contributed by atoms with van der Waals surface area (Å²) < 4.78 is 16.5. The number of hydrogen-bond donors (Lipinski definition) is 0. The van der Waals surface area contributed by atoms with Crippen molar-refractivity contribution in [2.75, 3.05) is 12.0 Å². The molecular formula is C23H17ClN2O5. The van der Waals surface area contributed by atoms with Crippen LogP contribution in [0, 0.1) is 13.8 Å². The molecule has 5 rings (SSSR count). The number of aryl methyl sites for hydroxylation is 2. The number of anilines is 1. The minimum Gasteiger partial charge on any atom is -0.497 e. The number of aromatic nitrogens is 1. The molecule has 0 aliphatic carbocycles. The van der Waals surface area contributed by atoms with Gasteiger partial charge in [-0.15, -0.1) is 0 Å². The minimum absolute atomic E-state index is 0.0207. The first kappa shape index (κ1) is 19.4. The van der Waals surface area contributed by atoms with Crippen molar-refractivity contribution in [2.24, 2.45) is 0 Å². The molecule has 2 aromatic carbocycles. The van der Waals surface area contributed by atoms with Crippen molar-refractivity contribution in [1.82, 2.24) is 5.16 Å². The molecule has 3 heterocycles. The number of carbonyl (C=O) groups excluding carboxylic acids is 1. The first-order valence-electron chi connectivity index (χ1n) is 9.56. The fourth-order valence-corrected chi connectivity index (χ4v) is 4.09. The van der Waals surface area contributed by atoms with Crippen molar-refractivity contribution in [3.05, 3.63) is 85.9 Å². The largest absolute Gasteiger partial charge is 0.497 e. The Morgan fingerprint density at radius 3 is 2.65 bits per heavy atom. The van der Waals surface area contributed by atoms with Crippen molar-refractivity contribution in [3.63, 3.8) is 0 Å². The lowest BCUT2D eigenvalue weighted by Gasteiger charge is -2.22. The SMILES string of the molecule is COc1cccc([C@@H]2c3c(oc4cc(C)c(Cl)cc4c3=O)C(=O)N2c2cc(C)on2)c1. The van der Waals surface area contributed by atoms with Gasteiger partial charge >= 0.3 is 0 Å². The number of benzene rings is 2. The van der Waals surface area contributed by atoms with E-state index < -0.39 is 11.9 Å². The Morgan fingerprint density at radius 2 is 1.94 bits per heavy atom. The molecule has 0 spiro atoms. The van der Waals surface area contributed by atoms with Gasteiger partial charge in [-0.2, -0.15) is 0 Å². The normalized spacial score (nSPS) is 15.5. The molecule has 156 valence electrons. The van der Waals surface area contributed by atoms with E-state index in [1.54, 1.807) is 57.4 Å². The molecule has 1 aliphatic heterocycles. The third-order valence-corrected chi connectivity index (χ3v) is 5.83. The maximum absolute atomic E-state index is 13.6. The maximum Gasteiger partial charge on any atom is 0.296 e. The fraction of sp³-hybridized carbons (Fsp3) is 0.174. The van der Waals surface area contributed by atoms with Gasteiger partial charge in [-0.3, -0.25) is 14.5 Å². The highest BCUT2D eigenvalue weighted by Crippen LogP contribution is 2.41. The van der Waals surface area contributed by atoms with Crippen LogP contribution >= 0.6 is 11.6 Å². The summed E-state index contributed by atoms with van der Waals surface area (Å²) in [4.78, 5) is 28.4. The van der Waals surface area contributed by atoms with Gasteiger partial charge in [0.1, 0.15) is 17.1 Å². The zero-order chi connectivity index (χ0) is 21.9. The van der Waals surface area contributed by atoms with Gasteiger partial charge in [-0.05, 0) is 49.2 Å². The summed E-state index contributed by atoms with van der Waals surface area (Å²) >= 11 is 6.26. The lowest BCUT2D eigenvalue weighted by atomic mass is 9.98. The summed E-state index contributed by atoms with van der Waals surface area (Å²) in [6, 6.07) is 11.3. The van der Waals surface area contributed by atoms with Gasteiger partial charge in [0, 0.05) is 11.1 Å². The van der Waals surface area contributed by atoms with Gasteiger partial charge < -0.3 is 13.7 Å². The number of methoxy groups -OCH3 is 1. The minimum atomic E-state index is -0.761. The van der Waals surface area contributed by atoms with Crippen LogP contribution in [-0.4, -0.2) is 18.2 Å². The van der Waals surface area contributed by atoms with E-state index >= 15 is 0 Å². The number of rotatable bonds is 3. The number of carbonyl (C=O) groups is 1. The summed E-state index contributed by atoms with van der Waals surface area (Å²) in [5.41, 5.74) is 1.64. The summed E-state index contributed by atoms with van der Waals surface area (Å²) in [6.45, 7) is 3.54. The number of halogens is 1. The van der Waals surface area contributed by atoms with Gasteiger partial charge in [0.05, 0.1) is 24.1 Å². The van der Waals surface area contributed by atoms with E-state index in [0.29, 0.717) is 38.9 Å². The van der Waals surface area contributed by atoms with Crippen molar-refractivity contribution >= 4 is 34.3 Å². The number of fused-ring (bicyclic) bond motifs is 2.